The second-order valence-corrected chi connectivity index (χ2v) is 6.60. The van der Waals surface area contributed by atoms with Gasteiger partial charge in [-0.2, -0.15) is 0 Å². The van der Waals surface area contributed by atoms with Gasteiger partial charge in [-0.3, -0.25) is 9.69 Å². The zero-order chi connectivity index (χ0) is 18.1. The molecule has 2 aromatic carbocycles. The van der Waals surface area contributed by atoms with Crippen LogP contribution in [0.2, 0.25) is 0 Å². The average Bonchev–Trinajstić information content (AvgIpc) is 2.62. The first-order valence-corrected chi connectivity index (χ1v) is 9.05. The van der Waals surface area contributed by atoms with E-state index in [4.69, 9.17) is 4.74 Å². The summed E-state index contributed by atoms with van der Waals surface area (Å²) in [6, 6.07) is 19.4. The number of nitrogens with zero attached hydrogens (tertiary/aromatic N) is 1. The predicted molar refractivity (Wildman–Crippen MR) is 102 cm³/mol. The average molecular weight is 339 g/mol. The molecule has 1 atom stereocenters. The molecule has 0 bridgehead atoms. The van der Waals surface area contributed by atoms with Crippen LogP contribution in [-0.2, 0) is 29.0 Å². The van der Waals surface area contributed by atoms with E-state index in [9.17, 15) is 4.79 Å². The quantitative estimate of drug-likeness (QED) is 0.626. The minimum absolute atomic E-state index is 0.197. The number of methoxy groups -OCH3 is 1. The van der Waals surface area contributed by atoms with E-state index in [2.05, 4.69) is 61.2 Å². The largest absolute Gasteiger partial charge is 0.469 e. The summed E-state index contributed by atoms with van der Waals surface area (Å²) in [5.74, 6) is -0.197. The van der Waals surface area contributed by atoms with Gasteiger partial charge in [0.05, 0.1) is 13.5 Å². The summed E-state index contributed by atoms with van der Waals surface area (Å²) in [5, 5.41) is 0. The van der Waals surface area contributed by atoms with Gasteiger partial charge in [0.15, 0.2) is 0 Å². The number of hydrogen-bond donors (Lipinski definition) is 0. The molecule has 0 saturated carbocycles. The standard InChI is InChI=1S/C22H29NO2/c1-4-9-18(2)23(16-19-10-6-5-7-11-19)17-21-13-8-12-20(14-21)15-22(24)25-3/h5-8,10-14,18H,4,9,15-17H2,1-3H3. The van der Waals surface area contributed by atoms with Crippen molar-refractivity contribution in [3.05, 3.63) is 71.3 Å². The summed E-state index contributed by atoms with van der Waals surface area (Å²) in [5.41, 5.74) is 3.57. The first-order chi connectivity index (χ1) is 12.1. The van der Waals surface area contributed by atoms with Gasteiger partial charge in [0.2, 0.25) is 0 Å². The van der Waals surface area contributed by atoms with E-state index in [1.54, 1.807) is 0 Å². The van der Waals surface area contributed by atoms with Gasteiger partial charge in [0.1, 0.15) is 0 Å². The van der Waals surface area contributed by atoms with Gasteiger partial charge in [0, 0.05) is 19.1 Å². The molecule has 0 aliphatic heterocycles. The Labute approximate surface area is 151 Å². The molecule has 0 aromatic heterocycles. The summed E-state index contributed by atoms with van der Waals surface area (Å²) in [6.07, 6.45) is 2.68. The van der Waals surface area contributed by atoms with E-state index in [-0.39, 0.29) is 5.97 Å². The summed E-state index contributed by atoms with van der Waals surface area (Å²) >= 11 is 0. The Morgan fingerprint density at radius 2 is 1.64 bits per heavy atom. The van der Waals surface area contributed by atoms with Crippen molar-refractivity contribution in [2.75, 3.05) is 7.11 Å². The van der Waals surface area contributed by atoms with Crippen LogP contribution in [0.3, 0.4) is 0 Å². The second-order valence-electron chi connectivity index (χ2n) is 6.60. The fourth-order valence-electron chi connectivity index (χ4n) is 3.10. The Balaban J connectivity index is 2.12. The molecule has 0 aliphatic rings. The number of ether oxygens (including phenoxy) is 1. The first kappa shape index (κ1) is 19.2. The fourth-order valence-corrected chi connectivity index (χ4v) is 3.10. The maximum Gasteiger partial charge on any atom is 0.309 e. The molecule has 0 spiro atoms. The third kappa shape index (κ3) is 6.35. The lowest BCUT2D eigenvalue weighted by molar-refractivity contribution is -0.139. The molecule has 0 amide bonds. The second kappa shape index (κ2) is 10.00. The maximum atomic E-state index is 11.5. The Bertz CT molecular complexity index is 654. The molecular weight excluding hydrogens is 310 g/mol. The summed E-state index contributed by atoms with van der Waals surface area (Å²) in [6.45, 7) is 6.34. The number of esters is 1. The number of hydrogen-bond acceptors (Lipinski definition) is 3. The van der Waals surface area contributed by atoms with Crippen molar-refractivity contribution >= 4 is 5.97 Å². The maximum absolute atomic E-state index is 11.5. The van der Waals surface area contributed by atoms with Crippen LogP contribution in [0.15, 0.2) is 54.6 Å². The third-order valence-corrected chi connectivity index (χ3v) is 4.51. The molecule has 0 heterocycles. The van der Waals surface area contributed by atoms with E-state index in [0.717, 1.165) is 18.7 Å². The van der Waals surface area contributed by atoms with Crippen molar-refractivity contribution in [3.63, 3.8) is 0 Å². The molecule has 0 N–H and O–H groups in total. The van der Waals surface area contributed by atoms with Crippen LogP contribution in [0.5, 0.6) is 0 Å². The van der Waals surface area contributed by atoms with Gasteiger partial charge in [-0.1, -0.05) is 67.9 Å². The summed E-state index contributed by atoms with van der Waals surface area (Å²) < 4.78 is 4.77. The molecule has 2 rings (SSSR count). The minimum Gasteiger partial charge on any atom is -0.469 e. The molecule has 0 aliphatic carbocycles. The van der Waals surface area contributed by atoms with Gasteiger partial charge in [-0.25, -0.2) is 0 Å². The van der Waals surface area contributed by atoms with Gasteiger partial charge in [-0.05, 0) is 30.0 Å². The highest BCUT2D eigenvalue weighted by atomic mass is 16.5. The van der Waals surface area contributed by atoms with Gasteiger partial charge in [-0.15, -0.1) is 0 Å². The molecule has 134 valence electrons. The van der Waals surface area contributed by atoms with Crippen molar-refractivity contribution in [1.29, 1.82) is 0 Å². The van der Waals surface area contributed by atoms with E-state index < -0.39 is 0 Å². The van der Waals surface area contributed by atoms with Crippen LogP contribution >= 0.6 is 0 Å². The van der Waals surface area contributed by atoms with Crippen LogP contribution in [-0.4, -0.2) is 24.0 Å². The van der Waals surface area contributed by atoms with Gasteiger partial charge < -0.3 is 4.74 Å². The first-order valence-electron chi connectivity index (χ1n) is 9.05. The Morgan fingerprint density at radius 3 is 2.32 bits per heavy atom. The Morgan fingerprint density at radius 1 is 1.00 bits per heavy atom. The van der Waals surface area contributed by atoms with Crippen molar-refractivity contribution < 1.29 is 9.53 Å². The van der Waals surface area contributed by atoms with Crippen molar-refractivity contribution in [2.24, 2.45) is 0 Å². The monoisotopic (exact) mass is 339 g/mol. The molecular formula is C22H29NO2. The number of rotatable bonds is 9. The lowest BCUT2D eigenvalue weighted by Crippen LogP contribution is -2.32. The number of carbonyl (C=O) groups excluding carboxylic acids is 1. The van der Waals surface area contributed by atoms with Crippen molar-refractivity contribution in [1.82, 2.24) is 4.90 Å². The Kier molecular flexibility index (Phi) is 7.68. The van der Waals surface area contributed by atoms with Crippen molar-refractivity contribution in [2.45, 2.75) is 52.2 Å². The van der Waals surface area contributed by atoms with Crippen LogP contribution in [0.4, 0.5) is 0 Å². The zero-order valence-corrected chi connectivity index (χ0v) is 15.6. The van der Waals surface area contributed by atoms with E-state index >= 15 is 0 Å². The highest BCUT2D eigenvalue weighted by Crippen LogP contribution is 2.17. The van der Waals surface area contributed by atoms with Crippen molar-refractivity contribution in [3.8, 4) is 0 Å². The number of carbonyl (C=O) groups is 1. The molecule has 1 unspecified atom stereocenters. The van der Waals surface area contributed by atoms with Crippen LogP contribution < -0.4 is 0 Å². The van der Waals surface area contributed by atoms with Gasteiger partial charge >= 0.3 is 5.97 Å². The highest BCUT2D eigenvalue weighted by molar-refractivity contribution is 5.72. The van der Waals surface area contributed by atoms with Crippen LogP contribution in [0.25, 0.3) is 0 Å². The van der Waals surface area contributed by atoms with E-state index in [0.29, 0.717) is 12.5 Å². The molecule has 0 radical (unpaired) electrons. The zero-order valence-electron chi connectivity index (χ0n) is 15.6. The predicted octanol–water partition coefficient (Wildman–Crippen LogP) is 4.59. The van der Waals surface area contributed by atoms with E-state index in [1.807, 2.05) is 12.1 Å². The fraction of sp³-hybridized carbons (Fsp3) is 0.409. The molecule has 3 heteroatoms. The summed E-state index contributed by atoms with van der Waals surface area (Å²) in [7, 11) is 1.43. The lowest BCUT2D eigenvalue weighted by atomic mass is 10.1. The molecule has 3 nitrogen and oxygen atoms in total. The number of benzene rings is 2. The van der Waals surface area contributed by atoms with E-state index in [1.165, 1.54) is 31.1 Å². The topological polar surface area (TPSA) is 29.5 Å². The van der Waals surface area contributed by atoms with Gasteiger partial charge in [0.25, 0.3) is 0 Å². The molecule has 0 saturated heterocycles. The minimum atomic E-state index is -0.197. The third-order valence-electron chi connectivity index (χ3n) is 4.51. The highest BCUT2D eigenvalue weighted by Gasteiger charge is 2.15. The lowest BCUT2D eigenvalue weighted by Gasteiger charge is -2.29. The molecule has 2 aromatic rings. The normalized spacial score (nSPS) is 12.2. The SMILES string of the molecule is CCCC(C)N(Cc1ccccc1)Cc1cccc(CC(=O)OC)c1. The smallest absolute Gasteiger partial charge is 0.309 e. The Hall–Kier alpha value is -2.13. The molecule has 25 heavy (non-hydrogen) atoms. The van der Waals surface area contributed by atoms with Crippen LogP contribution in [0, 0.1) is 0 Å². The molecule has 0 fully saturated rings. The summed E-state index contributed by atoms with van der Waals surface area (Å²) in [4.78, 5) is 14.0. The van der Waals surface area contributed by atoms with Crippen LogP contribution in [0.1, 0.15) is 43.4 Å².